The van der Waals surface area contributed by atoms with Crippen molar-refractivity contribution in [2.24, 2.45) is 5.73 Å². The molecule has 1 aliphatic carbocycles. The molecular formula is C37H39N3O5. The lowest BCUT2D eigenvalue weighted by atomic mass is 9.98. The second-order valence-electron chi connectivity index (χ2n) is 11.6. The van der Waals surface area contributed by atoms with E-state index in [2.05, 4.69) is 31.2 Å². The third-order valence-corrected chi connectivity index (χ3v) is 8.80. The fourth-order valence-corrected chi connectivity index (χ4v) is 6.35. The van der Waals surface area contributed by atoms with Gasteiger partial charge in [0.15, 0.2) is 11.5 Å². The molecule has 2 N–H and O–H groups in total. The van der Waals surface area contributed by atoms with Crippen molar-refractivity contribution in [1.29, 1.82) is 0 Å². The standard InChI is InChI=1S/C37H39N3O5/c1-5-6-17-44-34-18-23(2)30(21-33(34)43-4)36(41)40-32-16-15-25(19-24(32)20-35(40)38)39(3)37(42)45-22-31-28-13-9-7-11-26(28)27-12-8-10-14-29(27)31/h7-16,18-19,21,31,35H,5-6,17,20,22,38H2,1-4H3/t35-/m0/s1. The van der Waals surface area contributed by atoms with E-state index in [1.165, 1.54) is 16.0 Å². The van der Waals surface area contributed by atoms with Crippen molar-refractivity contribution < 1.29 is 23.8 Å². The predicted molar refractivity (Wildman–Crippen MR) is 177 cm³/mol. The summed E-state index contributed by atoms with van der Waals surface area (Å²) in [7, 11) is 3.26. The Hall–Kier alpha value is -4.82. The van der Waals surface area contributed by atoms with Crippen LogP contribution < -0.4 is 25.0 Å². The average Bonchev–Trinajstić information content (AvgIpc) is 3.56. The molecule has 0 spiro atoms. The summed E-state index contributed by atoms with van der Waals surface area (Å²) in [5.41, 5.74) is 14.8. The number of anilines is 2. The van der Waals surface area contributed by atoms with E-state index in [0.29, 0.717) is 35.8 Å². The summed E-state index contributed by atoms with van der Waals surface area (Å²) < 4.78 is 17.3. The molecule has 4 aromatic rings. The van der Waals surface area contributed by atoms with Crippen molar-refractivity contribution in [3.8, 4) is 22.6 Å². The van der Waals surface area contributed by atoms with Crippen LogP contribution in [-0.2, 0) is 11.2 Å². The van der Waals surface area contributed by atoms with Crippen LogP contribution in [0.4, 0.5) is 16.2 Å². The van der Waals surface area contributed by atoms with Gasteiger partial charge in [-0.1, -0.05) is 61.9 Å². The number of carbonyl (C=O) groups excluding carboxylic acids is 2. The number of ether oxygens (including phenoxy) is 3. The van der Waals surface area contributed by atoms with Crippen molar-refractivity contribution in [3.63, 3.8) is 0 Å². The topological polar surface area (TPSA) is 94.3 Å². The minimum atomic E-state index is -0.548. The molecule has 1 heterocycles. The molecular weight excluding hydrogens is 566 g/mol. The Bertz CT molecular complexity index is 1710. The molecule has 1 atom stereocenters. The quantitative estimate of drug-likeness (QED) is 0.205. The van der Waals surface area contributed by atoms with Gasteiger partial charge in [0.2, 0.25) is 0 Å². The van der Waals surface area contributed by atoms with Crippen LogP contribution in [-0.4, -0.2) is 45.5 Å². The molecule has 2 aliphatic rings. The minimum absolute atomic E-state index is 0.0219. The van der Waals surface area contributed by atoms with E-state index in [9.17, 15) is 9.59 Å². The zero-order valence-electron chi connectivity index (χ0n) is 26.2. The lowest BCUT2D eigenvalue weighted by Crippen LogP contribution is -2.43. The fourth-order valence-electron chi connectivity index (χ4n) is 6.35. The van der Waals surface area contributed by atoms with Crippen LogP contribution in [0.15, 0.2) is 78.9 Å². The first-order chi connectivity index (χ1) is 21.8. The average molecular weight is 606 g/mol. The maximum absolute atomic E-state index is 13.9. The number of carbonyl (C=O) groups is 2. The summed E-state index contributed by atoms with van der Waals surface area (Å²) in [6, 6.07) is 25.7. The number of benzene rings is 4. The third kappa shape index (κ3) is 5.62. The second-order valence-corrected chi connectivity index (χ2v) is 11.6. The lowest BCUT2D eigenvalue weighted by Gasteiger charge is -2.24. The van der Waals surface area contributed by atoms with Crippen molar-refractivity contribution >= 4 is 23.4 Å². The van der Waals surface area contributed by atoms with Gasteiger partial charge in [0, 0.05) is 36.3 Å². The van der Waals surface area contributed by atoms with Gasteiger partial charge in [-0.15, -0.1) is 0 Å². The van der Waals surface area contributed by atoms with E-state index in [-0.39, 0.29) is 18.4 Å². The molecule has 0 saturated carbocycles. The monoisotopic (exact) mass is 605 g/mol. The number of hydrogen-bond donors (Lipinski definition) is 1. The number of aryl methyl sites for hydroxylation is 1. The Morgan fingerprint density at radius 3 is 2.31 bits per heavy atom. The van der Waals surface area contributed by atoms with E-state index in [1.807, 2.05) is 55.5 Å². The molecule has 0 aromatic heterocycles. The van der Waals surface area contributed by atoms with E-state index >= 15 is 0 Å². The molecule has 2 amide bonds. The Morgan fingerprint density at radius 1 is 0.956 bits per heavy atom. The predicted octanol–water partition coefficient (Wildman–Crippen LogP) is 7.06. The molecule has 8 nitrogen and oxygen atoms in total. The Labute approximate surface area is 264 Å². The van der Waals surface area contributed by atoms with Crippen molar-refractivity contribution in [3.05, 3.63) is 107 Å². The summed E-state index contributed by atoms with van der Waals surface area (Å²) in [6.07, 6.45) is 1.42. The van der Waals surface area contributed by atoms with Gasteiger partial charge in [-0.2, -0.15) is 0 Å². The SMILES string of the molecule is CCCCOc1cc(C)c(C(=O)N2c3ccc(N(C)C(=O)OCC4c5ccccc5-c5ccccc54)cc3C[C@H]2N)cc1OC. The van der Waals surface area contributed by atoms with Crippen LogP contribution in [0.1, 0.15) is 58.3 Å². The Kier molecular flexibility index (Phi) is 8.50. The van der Waals surface area contributed by atoms with Crippen LogP contribution in [0.5, 0.6) is 11.5 Å². The number of unbranched alkanes of at least 4 members (excludes halogenated alkanes) is 1. The third-order valence-electron chi connectivity index (χ3n) is 8.80. The number of fused-ring (bicyclic) bond motifs is 4. The van der Waals surface area contributed by atoms with E-state index in [0.717, 1.165) is 40.8 Å². The van der Waals surface area contributed by atoms with Crippen molar-refractivity contribution in [1.82, 2.24) is 0 Å². The minimum Gasteiger partial charge on any atom is -0.493 e. The van der Waals surface area contributed by atoms with Crippen LogP contribution in [0, 0.1) is 6.92 Å². The number of hydrogen-bond acceptors (Lipinski definition) is 6. The number of amides is 2. The smallest absolute Gasteiger partial charge is 0.414 e. The Morgan fingerprint density at radius 2 is 1.64 bits per heavy atom. The maximum atomic E-state index is 13.9. The van der Waals surface area contributed by atoms with Crippen LogP contribution in [0.2, 0.25) is 0 Å². The highest BCUT2D eigenvalue weighted by Crippen LogP contribution is 2.44. The number of rotatable bonds is 9. The largest absolute Gasteiger partial charge is 0.493 e. The summed E-state index contributed by atoms with van der Waals surface area (Å²) in [5, 5.41) is 0. The van der Waals surface area contributed by atoms with Crippen molar-refractivity contribution in [2.45, 2.75) is 45.2 Å². The summed E-state index contributed by atoms with van der Waals surface area (Å²) in [6.45, 7) is 4.80. The molecule has 1 aliphatic heterocycles. The van der Waals surface area contributed by atoms with Crippen LogP contribution in [0.25, 0.3) is 11.1 Å². The highest BCUT2D eigenvalue weighted by molar-refractivity contribution is 6.09. The molecule has 0 saturated heterocycles. The van der Waals surface area contributed by atoms with Gasteiger partial charge in [0.05, 0.1) is 19.9 Å². The van der Waals surface area contributed by atoms with Gasteiger partial charge < -0.3 is 19.9 Å². The van der Waals surface area contributed by atoms with Crippen molar-refractivity contribution in [2.75, 3.05) is 37.2 Å². The molecule has 0 unspecified atom stereocenters. The van der Waals surface area contributed by atoms with Gasteiger partial charge in [0.1, 0.15) is 6.61 Å². The van der Waals surface area contributed by atoms with Gasteiger partial charge in [0.25, 0.3) is 5.91 Å². The van der Waals surface area contributed by atoms with Gasteiger partial charge in [-0.05, 0) is 77.1 Å². The zero-order valence-corrected chi connectivity index (χ0v) is 26.2. The summed E-state index contributed by atoms with van der Waals surface area (Å²) in [4.78, 5) is 30.2. The Balaban J connectivity index is 1.17. The van der Waals surface area contributed by atoms with E-state index < -0.39 is 12.3 Å². The van der Waals surface area contributed by atoms with Gasteiger partial charge in [-0.3, -0.25) is 14.6 Å². The van der Waals surface area contributed by atoms with Crippen LogP contribution in [0.3, 0.4) is 0 Å². The second kappa shape index (κ2) is 12.7. The molecule has 4 aromatic carbocycles. The zero-order chi connectivity index (χ0) is 31.7. The molecule has 0 bridgehead atoms. The molecule has 8 heteroatoms. The summed E-state index contributed by atoms with van der Waals surface area (Å²) in [5.74, 6) is 0.890. The van der Waals surface area contributed by atoms with E-state index in [1.54, 1.807) is 25.1 Å². The number of methoxy groups -OCH3 is 1. The van der Waals surface area contributed by atoms with Crippen LogP contribution >= 0.6 is 0 Å². The van der Waals surface area contributed by atoms with Gasteiger partial charge in [-0.25, -0.2) is 4.79 Å². The molecule has 232 valence electrons. The lowest BCUT2D eigenvalue weighted by molar-refractivity contribution is 0.0979. The highest BCUT2D eigenvalue weighted by Gasteiger charge is 2.34. The first-order valence-corrected chi connectivity index (χ1v) is 15.4. The number of nitrogens with two attached hydrogens (primary N) is 1. The maximum Gasteiger partial charge on any atom is 0.414 e. The molecule has 45 heavy (non-hydrogen) atoms. The number of nitrogens with zero attached hydrogens (tertiary/aromatic N) is 2. The highest BCUT2D eigenvalue weighted by atomic mass is 16.6. The first-order valence-electron chi connectivity index (χ1n) is 15.4. The normalized spacial score (nSPS) is 14.9. The molecule has 0 radical (unpaired) electrons. The van der Waals surface area contributed by atoms with Gasteiger partial charge >= 0.3 is 6.09 Å². The molecule has 0 fully saturated rings. The molecule has 6 rings (SSSR count). The van der Waals surface area contributed by atoms with E-state index in [4.69, 9.17) is 19.9 Å². The fraction of sp³-hybridized carbons (Fsp3) is 0.297. The first kappa shape index (κ1) is 30.2. The summed E-state index contributed by atoms with van der Waals surface area (Å²) >= 11 is 0.